The number of nitrogens with two attached hydrogens (primary N) is 1. The highest BCUT2D eigenvalue weighted by Gasteiger charge is 2.27. The minimum atomic E-state index is 0.0612. The molecule has 1 heterocycles. The maximum absolute atomic E-state index is 6.12. The highest BCUT2D eigenvalue weighted by molar-refractivity contribution is 5.12. The van der Waals surface area contributed by atoms with Crippen LogP contribution in [-0.4, -0.2) is 24.0 Å². The van der Waals surface area contributed by atoms with Crippen LogP contribution in [-0.2, 0) is 0 Å². The third-order valence-corrected chi connectivity index (χ3v) is 3.51. The van der Waals surface area contributed by atoms with Crippen LogP contribution < -0.4 is 5.73 Å². The van der Waals surface area contributed by atoms with Gasteiger partial charge in [-0.2, -0.15) is 0 Å². The molecular formula is C14H26N2O. The van der Waals surface area contributed by atoms with Crippen LogP contribution in [0.3, 0.4) is 0 Å². The standard InChI is InChI=1S/C14H26N2O/c1-6-12(7-2)16(5)14(11(4)15)13-9-8-10(3)17-13/h8-9,11-12,14H,6-7,15H2,1-5H3. The average Bonchev–Trinajstić information content (AvgIpc) is 2.66. The molecule has 0 bridgehead atoms. The summed E-state index contributed by atoms with van der Waals surface area (Å²) in [5.41, 5.74) is 6.12. The van der Waals surface area contributed by atoms with Gasteiger partial charge in [0.15, 0.2) is 0 Å². The molecule has 0 aliphatic carbocycles. The van der Waals surface area contributed by atoms with Crippen molar-refractivity contribution in [2.24, 2.45) is 5.73 Å². The van der Waals surface area contributed by atoms with Gasteiger partial charge in [-0.05, 0) is 45.9 Å². The Morgan fingerprint density at radius 1 is 1.29 bits per heavy atom. The van der Waals surface area contributed by atoms with Gasteiger partial charge in [-0.1, -0.05) is 13.8 Å². The van der Waals surface area contributed by atoms with Crippen molar-refractivity contribution < 1.29 is 4.42 Å². The molecule has 1 aromatic rings. The molecule has 98 valence electrons. The third-order valence-electron chi connectivity index (χ3n) is 3.51. The monoisotopic (exact) mass is 238 g/mol. The second-order valence-corrected chi connectivity index (χ2v) is 4.89. The third kappa shape index (κ3) is 3.33. The molecule has 2 atom stereocenters. The highest BCUT2D eigenvalue weighted by Crippen LogP contribution is 2.27. The summed E-state index contributed by atoms with van der Waals surface area (Å²) in [5.74, 6) is 1.93. The smallest absolute Gasteiger partial charge is 0.122 e. The van der Waals surface area contributed by atoms with Crippen LogP contribution in [0.4, 0.5) is 0 Å². The van der Waals surface area contributed by atoms with Crippen LogP contribution in [0.5, 0.6) is 0 Å². The van der Waals surface area contributed by atoms with E-state index in [1.54, 1.807) is 0 Å². The molecule has 1 aromatic heterocycles. The Hall–Kier alpha value is -0.800. The second kappa shape index (κ2) is 6.22. The first-order valence-corrected chi connectivity index (χ1v) is 6.55. The zero-order chi connectivity index (χ0) is 13.0. The number of rotatable bonds is 6. The maximum Gasteiger partial charge on any atom is 0.122 e. The molecule has 3 heteroatoms. The van der Waals surface area contributed by atoms with Crippen molar-refractivity contribution in [3.8, 4) is 0 Å². The van der Waals surface area contributed by atoms with Crippen molar-refractivity contribution in [2.75, 3.05) is 7.05 Å². The first kappa shape index (κ1) is 14.3. The molecular weight excluding hydrogens is 212 g/mol. The average molecular weight is 238 g/mol. The Kier molecular flexibility index (Phi) is 5.22. The summed E-state index contributed by atoms with van der Waals surface area (Å²) in [5, 5.41) is 0. The van der Waals surface area contributed by atoms with Gasteiger partial charge in [0.05, 0.1) is 6.04 Å². The summed E-state index contributed by atoms with van der Waals surface area (Å²) < 4.78 is 5.75. The summed E-state index contributed by atoms with van der Waals surface area (Å²) in [6, 6.07) is 4.82. The topological polar surface area (TPSA) is 42.4 Å². The minimum Gasteiger partial charge on any atom is -0.465 e. The van der Waals surface area contributed by atoms with E-state index in [0.29, 0.717) is 6.04 Å². The van der Waals surface area contributed by atoms with Gasteiger partial charge in [-0.15, -0.1) is 0 Å². The van der Waals surface area contributed by atoms with Crippen molar-refractivity contribution in [2.45, 2.75) is 58.7 Å². The predicted octanol–water partition coefficient (Wildman–Crippen LogP) is 3.10. The number of aryl methyl sites for hydroxylation is 1. The summed E-state index contributed by atoms with van der Waals surface area (Å²) in [6.07, 6.45) is 2.27. The van der Waals surface area contributed by atoms with Crippen molar-refractivity contribution in [1.82, 2.24) is 4.90 Å². The Balaban J connectivity index is 2.93. The van der Waals surface area contributed by atoms with E-state index in [1.165, 1.54) is 0 Å². The Labute approximate surface area is 105 Å². The van der Waals surface area contributed by atoms with Crippen LogP contribution in [0.2, 0.25) is 0 Å². The van der Waals surface area contributed by atoms with Crippen molar-refractivity contribution >= 4 is 0 Å². The lowest BCUT2D eigenvalue weighted by atomic mass is 10.0. The zero-order valence-electron chi connectivity index (χ0n) is 11.7. The molecule has 0 saturated heterocycles. The molecule has 17 heavy (non-hydrogen) atoms. The van der Waals surface area contributed by atoms with Gasteiger partial charge in [-0.3, -0.25) is 4.90 Å². The van der Waals surface area contributed by atoms with Gasteiger partial charge in [0, 0.05) is 12.1 Å². The van der Waals surface area contributed by atoms with E-state index in [9.17, 15) is 0 Å². The second-order valence-electron chi connectivity index (χ2n) is 4.89. The number of likely N-dealkylation sites (N-methyl/N-ethyl adjacent to an activating group) is 1. The van der Waals surface area contributed by atoms with Crippen LogP contribution in [0.25, 0.3) is 0 Å². The number of nitrogens with zero attached hydrogens (tertiary/aromatic N) is 1. The van der Waals surface area contributed by atoms with Gasteiger partial charge in [0.25, 0.3) is 0 Å². The van der Waals surface area contributed by atoms with Gasteiger partial charge in [-0.25, -0.2) is 0 Å². The van der Waals surface area contributed by atoms with E-state index in [4.69, 9.17) is 10.2 Å². The first-order valence-electron chi connectivity index (χ1n) is 6.55. The quantitative estimate of drug-likeness (QED) is 0.828. The summed E-state index contributed by atoms with van der Waals surface area (Å²) in [4.78, 5) is 2.35. The lowest BCUT2D eigenvalue weighted by molar-refractivity contribution is 0.128. The van der Waals surface area contributed by atoms with Crippen molar-refractivity contribution in [3.05, 3.63) is 23.7 Å². The molecule has 0 radical (unpaired) electrons. The number of hydrogen-bond acceptors (Lipinski definition) is 3. The largest absolute Gasteiger partial charge is 0.465 e. The van der Waals surface area contributed by atoms with E-state index in [2.05, 4.69) is 25.8 Å². The Morgan fingerprint density at radius 3 is 2.24 bits per heavy atom. The summed E-state index contributed by atoms with van der Waals surface area (Å²) in [6.45, 7) is 8.45. The van der Waals surface area contributed by atoms with Gasteiger partial charge in [0.1, 0.15) is 11.5 Å². The lowest BCUT2D eigenvalue weighted by Crippen LogP contribution is -2.42. The fourth-order valence-corrected chi connectivity index (χ4v) is 2.53. The fourth-order valence-electron chi connectivity index (χ4n) is 2.53. The first-order chi connectivity index (χ1) is 8.01. The molecule has 0 aliphatic heterocycles. The molecule has 0 spiro atoms. The highest BCUT2D eigenvalue weighted by atomic mass is 16.3. The molecule has 0 saturated carbocycles. The molecule has 2 unspecified atom stereocenters. The SMILES string of the molecule is CCC(CC)N(C)C(c1ccc(C)o1)C(C)N. The molecule has 0 fully saturated rings. The molecule has 2 N–H and O–H groups in total. The van der Waals surface area contributed by atoms with Gasteiger partial charge < -0.3 is 10.2 Å². The fraction of sp³-hybridized carbons (Fsp3) is 0.714. The van der Waals surface area contributed by atoms with Crippen molar-refractivity contribution in [1.29, 1.82) is 0 Å². The Morgan fingerprint density at radius 2 is 1.88 bits per heavy atom. The molecule has 1 rings (SSSR count). The van der Waals surface area contributed by atoms with Crippen molar-refractivity contribution in [3.63, 3.8) is 0 Å². The number of hydrogen-bond donors (Lipinski definition) is 1. The molecule has 3 nitrogen and oxygen atoms in total. The van der Waals surface area contributed by atoms with E-state index in [0.717, 1.165) is 24.4 Å². The van der Waals surface area contributed by atoms with E-state index >= 15 is 0 Å². The molecule has 0 aromatic carbocycles. The van der Waals surface area contributed by atoms with Crippen LogP contribution in [0.15, 0.2) is 16.5 Å². The van der Waals surface area contributed by atoms with Crippen LogP contribution in [0, 0.1) is 6.92 Å². The molecule has 0 aliphatic rings. The predicted molar refractivity (Wildman–Crippen MR) is 72.0 cm³/mol. The summed E-state index contributed by atoms with van der Waals surface area (Å²) in [7, 11) is 2.14. The van der Waals surface area contributed by atoms with Crippen LogP contribution >= 0.6 is 0 Å². The van der Waals surface area contributed by atoms with Crippen LogP contribution in [0.1, 0.15) is 51.2 Å². The van der Waals surface area contributed by atoms with Gasteiger partial charge >= 0.3 is 0 Å². The lowest BCUT2D eigenvalue weighted by Gasteiger charge is -2.35. The Bertz CT molecular complexity index is 329. The van der Waals surface area contributed by atoms with E-state index in [-0.39, 0.29) is 12.1 Å². The minimum absolute atomic E-state index is 0.0612. The maximum atomic E-state index is 6.12. The van der Waals surface area contributed by atoms with Gasteiger partial charge in [0.2, 0.25) is 0 Å². The van der Waals surface area contributed by atoms with E-state index < -0.39 is 0 Å². The molecule has 0 amide bonds. The van der Waals surface area contributed by atoms with E-state index in [1.807, 2.05) is 26.0 Å². The number of furan rings is 1. The zero-order valence-corrected chi connectivity index (χ0v) is 11.7. The summed E-state index contributed by atoms with van der Waals surface area (Å²) >= 11 is 0. The normalized spacial score (nSPS) is 15.5.